The number of halogens is 1. The first-order valence-corrected chi connectivity index (χ1v) is 10.9. The number of carbonyl (C=O) groups excluding carboxylic acids is 3. The van der Waals surface area contributed by atoms with Crippen molar-refractivity contribution in [2.24, 2.45) is 0 Å². The average Bonchev–Trinajstić information content (AvgIpc) is 2.77. The normalized spacial score (nSPS) is 10.4. The second kappa shape index (κ2) is 12.1. The first-order chi connectivity index (χ1) is 15.3. The van der Waals surface area contributed by atoms with Gasteiger partial charge in [0.25, 0.3) is 5.91 Å². The first kappa shape index (κ1) is 25.2. The number of nitrogens with one attached hydrogen (secondary N) is 1. The Balaban J connectivity index is 1.87. The Bertz CT molecular complexity index is 973. The number of ether oxygens (including phenoxy) is 2. The van der Waals surface area contributed by atoms with Crippen LogP contribution in [0.15, 0.2) is 36.4 Å². The molecule has 1 N–H and O–H groups in total. The minimum absolute atomic E-state index is 0.0583. The fourth-order valence-corrected chi connectivity index (χ4v) is 3.35. The van der Waals surface area contributed by atoms with E-state index in [1.807, 2.05) is 13.8 Å². The zero-order valence-corrected chi connectivity index (χ0v) is 19.6. The smallest absolute Gasteiger partial charge is 0.255 e. The molecular formula is C24H29ClN2O5. The predicted molar refractivity (Wildman–Crippen MR) is 125 cm³/mol. The molecule has 0 heterocycles. The Labute approximate surface area is 193 Å². The van der Waals surface area contributed by atoms with Gasteiger partial charge in [0.2, 0.25) is 5.91 Å². The van der Waals surface area contributed by atoms with Crippen molar-refractivity contribution in [2.75, 3.05) is 32.1 Å². The number of ketones is 1. The number of rotatable bonds is 11. The van der Waals surface area contributed by atoms with Crippen LogP contribution in [0, 0.1) is 0 Å². The summed E-state index contributed by atoms with van der Waals surface area (Å²) < 4.78 is 11.0. The van der Waals surface area contributed by atoms with E-state index in [1.54, 1.807) is 41.3 Å². The molecule has 0 atom stereocenters. The number of carbonyl (C=O) groups is 3. The molecule has 0 aliphatic heterocycles. The highest BCUT2D eigenvalue weighted by atomic mass is 35.5. The number of amides is 2. The zero-order valence-electron chi connectivity index (χ0n) is 18.9. The lowest BCUT2D eigenvalue weighted by atomic mass is 10.1. The topological polar surface area (TPSA) is 84.9 Å². The number of nitrogens with zero attached hydrogens (tertiary/aromatic N) is 1. The summed E-state index contributed by atoms with van der Waals surface area (Å²) in [6.45, 7) is 6.80. The van der Waals surface area contributed by atoms with Gasteiger partial charge in [-0.05, 0) is 63.6 Å². The largest absolute Gasteiger partial charge is 0.493 e. The molecule has 2 rings (SSSR count). The van der Waals surface area contributed by atoms with Gasteiger partial charge in [0.05, 0.1) is 24.3 Å². The Hall–Kier alpha value is -3.06. The lowest BCUT2D eigenvalue weighted by molar-refractivity contribution is -0.116. The van der Waals surface area contributed by atoms with Crippen molar-refractivity contribution in [3.63, 3.8) is 0 Å². The zero-order chi connectivity index (χ0) is 23.7. The minimum atomic E-state index is -0.189. The third-order valence-corrected chi connectivity index (χ3v) is 5.22. The molecule has 0 aromatic heterocycles. The molecule has 172 valence electrons. The Morgan fingerprint density at radius 3 is 2.34 bits per heavy atom. The predicted octanol–water partition coefficient (Wildman–Crippen LogP) is 4.83. The molecule has 7 nitrogen and oxygen atoms in total. The fourth-order valence-electron chi connectivity index (χ4n) is 3.09. The highest BCUT2D eigenvalue weighted by molar-refractivity contribution is 6.34. The molecule has 0 aliphatic rings. The molecule has 0 radical (unpaired) electrons. The maximum absolute atomic E-state index is 12.5. The minimum Gasteiger partial charge on any atom is -0.493 e. The van der Waals surface area contributed by atoms with Crippen LogP contribution in [0.25, 0.3) is 0 Å². The SMILES string of the molecule is CCN(CC)C(=O)c1ccc(NC(=O)CCCOc2ccc(C(C)=O)cc2OC)cc1Cl. The highest BCUT2D eigenvalue weighted by Crippen LogP contribution is 2.28. The van der Waals surface area contributed by atoms with Crippen LogP contribution >= 0.6 is 11.6 Å². The van der Waals surface area contributed by atoms with Gasteiger partial charge >= 0.3 is 0 Å². The van der Waals surface area contributed by atoms with Gasteiger partial charge in [-0.3, -0.25) is 14.4 Å². The molecule has 32 heavy (non-hydrogen) atoms. The molecule has 8 heteroatoms. The fraction of sp³-hybridized carbons (Fsp3) is 0.375. The van der Waals surface area contributed by atoms with Gasteiger partial charge in [0, 0.05) is 30.8 Å². The van der Waals surface area contributed by atoms with E-state index in [-0.39, 0.29) is 24.0 Å². The number of methoxy groups -OCH3 is 1. The molecule has 0 fully saturated rings. The number of benzene rings is 2. The van der Waals surface area contributed by atoms with Crippen molar-refractivity contribution < 1.29 is 23.9 Å². The van der Waals surface area contributed by atoms with Gasteiger partial charge in [0.15, 0.2) is 17.3 Å². The maximum atomic E-state index is 12.5. The van der Waals surface area contributed by atoms with Gasteiger partial charge in [-0.1, -0.05) is 11.6 Å². The van der Waals surface area contributed by atoms with Crippen molar-refractivity contribution in [2.45, 2.75) is 33.6 Å². The number of anilines is 1. The second-order valence-electron chi connectivity index (χ2n) is 7.09. The third-order valence-electron chi connectivity index (χ3n) is 4.91. The lowest BCUT2D eigenvalue weighted by Crippen LogP contribution is -2.30. The van der Waals surface area contributed by atoms with Crippen LogP contribution in [0.1, 0.15) is 54.3 Å². The molecular weight excluding hydrogens is 432 g/mol. The van der Waals surface area contributed by atoms with Crippen LogP contribution in [0.2, 0.25) is 5.02 Å². The highest BCUT2D eigenvalue weighted by Gasteiger charge is 2.16. The Kier molecular flexibility index (Phi) is 9.53. The molecule has 0 unspecified atom stereocenters. The van der Waals surface area contributed by atoms with Crippen LogP contribution in [0.4, 0.5) is 5.69 Å². The van der Waals surface area contributed by atoms with E-state index in [0.717, 1.165) is 0 Å². The number of hydrogen-bond donors (Lipinski definition) is 1. The molecule has 2 aromatic carbocycles. The van der Waals surface area contributed by atoms with Gasteiger partial charge in [-0.25, -0.2) is 0 Å². The van der Waals surface area contributed by atoms with Crippen molar-refractivity contribution >= 4 is 34.9 Å². The number of hydrogen-bond acceptors (Lipinski definition) is 5. The van der Waals surface area contributed by atoms with E-state index in [1.165, 1.54) is 14.0 Å². The van der Waals surface area contributed by atoms with Crippen molar-refractivity contribution in [3.8, 4) is 11.5 Å². The van der Waals surface area contributed by atoms with Crippen LogP contribution < -0.4 is 14.8 Å². The van der Waals surface area contributed by atoms with Crippen molar-refractivity contribution in [3.05, 3.63) is 52.5 Å². The quantitative estimate of drug-likeness (QED) is 0.383. The van der Waals surface area contributed by atoms with E-state index >= 15 is 0 Å². The van der Waals surface area contributed by atoms with E-state index in [0.29, 0.717) is 59.5 Å². The summed E-state index contributed by atoms with van der Waals surface area (Å²) in [5.74, 6) is 0.597. The van der Waals surface area contributed by atoms with Crippen LogP contribution in [0.3, 0.4) is 0 Å². The molecule has 0 spiro atoms. The summed E-state index contributed by atoms with van der Waals surface area (Å²) in [5, 5.41) is 3.08. The summed E-state index contributed by atoms with van der Waals surface area (Å²) in [6.07, 6.45) is 0.724. The van der Waals surface area contributed by atoms with Gasteiger partial charge in [0.1, 0.15) is 0 Å². The lowest BCUT2D eigenvalue weighted by Gasteiger charge is -2.19. The van der Waals surface area contributed by atoms with Crippen LogP contribution in [-0.4, -0.2) is 49.3 Å². The monoisotopic (exact) mass is 460 g/mol. The van der Waals surface area contributed by atoms with Gasteiger partial charge in [-0.15, -0.1) is 0 Å². The van der Waals surface area contributed by atoms with Gasteiger partial charge < -0.3 is 19.7 Å². The van der Waals surface area contributed by atoms with Crippen molar-refractivity contribution in [1.82, 2.24) is 4.90 Å². The van der Waals surface area contributed by atoms with Gasteiger partial charge in [-0.2, -0.15) is 0 Å². The molecule has 2 amide bonds. The molecule has 0 bridgehead atoms. The summed E-state index contributed by atoms with van der Waals surface area (Å²) in [4.78, 5) is 37.9. The van der Waals surface area contributed by atoms with Crippen molar-refractivity contribution in [1.29, 1.82) is 0 Å². The van der Waals surface area contributed by atoms with E-state index < -0.39 is 0 Å². The summed E-state index contributed by atoms with van der Waals surface area (Å²) in [6, 6.07) is 9.85. The number of Topliss-reactive ketones (excluding diaryl/α,β-unsaturated/α-hetero) is 1. The second-order valence-corrected chi connectivity index (χ2v) is 7.50. The van der Waals surface area contributed by atoms with E-state index in [4.69, 9.17) is 21.1 Å². The molecule has 2 aromatic rings. The molecule has 0 saturated heterocycles. The van der Waals surface area contributed by atoms with E-state index in [2.05, 4.69) is 5.32 Å². The summed E-state index contributed by atoms with van der Waals surface area (Å²) in [7, 11) is 1.51. The Morgan fingerprint density at radius 1 is 1.03 bits per heavy atom. The summed E-state index contributed by atoms with van der Waals surface area (Å²) >= 11 is 6.27. The van der Waals surface area contributed by atoms with E-state index in [9.17, 15) is 14.4 Å². The van der Waals surface area contributed by atoms with Crippen LogP contribution in [-0.2, 0) is 4.79 Å². The first-order valence-electron chi connectivity index (χ1n) is 10.5. The van der Waals surface area contributed by atoms with Crippen LogP contribution in [0.5, 0.6) is 11.5 Å². The Morgan fingerprint density at radius 2 is 1.75 bits per heavy atom. The molecule has 0 saturated carbocycles. The third kappa shape index (κ3) is 6.72. The average molecular weight is 461 g/mol. The maximum Gasteiger partial charge on any atom is 0.255 e. The standard InChI is InChI=1S/C24H29ClN2O5/c1-5-27(6-2)24(30)19-11-10-18(15-20(19)25)26-23(29)8-7-13-32-21-12-9-17(16(3)28)14-22(21)31-4/h9-12,14-15H,5-8,13H2,1-4H3,(H,26,29). The summed E-state index contributed by atoms with van der Waals surface area (Å²) in [5.41, 5.74) is 1.47. The molecule has 0 aliphatic carbocycles.